The van der Waals surface area contributed by atoms with E-state index in [2.05, 4.69) is 46.4 Å². The molecule has 2 heterocycles. The third kappa shape index (κ3) is 1.78. The monoisotopic (exact) mass is 312 g/mol. The second-order valence-electron chi connectivity index (χ2n) is 6.12. The first-order valence-corrected chi connectivity index (χ1v) is 8.07. The molecule has 0 amide bonds. The Morgan fingerprint density at radius 1 is 0.833 bits per heavy atom. The van der Waals surface area contributed by atoms with Gasteiger partial charge in [-0.3, -0.25) is 0 Å². The van der Waals surface area contributed by atoms with Gasteiger partial charge >= 0.3 is 0 Å². The van der Waals surface area contributed by atoms with Crippen molar-refractivity contribution in [2.45, 2.75) is 6.04 Å². The largest absolute Gasteiger partial charge is 0.508 e. The van der Waals surface area contributed by atoms with Gasteiger partial charge in [-0.2, -0.15) is 0 Å². The molecular weight excluding hydrogens is 296 g/mol. The van der Waals surface area contributed by atoms with Crippen LogP contribution in [0.25, 0.3) is 16.5 Å². The van der Waals surface area contributed by atoms with Crippen LogP contribution in [0, 0.1) is 0 Å². The summed E-state index contributed by atoms with van der Waals surface area (Å²) in [5.41, 5.74) is 4.25. The maximum atomic E-state index is 10.6. The molecule has 0 spiro atoms. The Balaban J connectivity index is 1.79. The summed E-state index contributed by atoms with van der Waals surface area (Å²) in [4.78, 5) is 0. The van der Waals surface area contributed by atoms with Gasteiger partial charge in [-0.25, -0.2) is 0 Å². The molecule has 3 heteroatoms. The minimum Gasteiger partial charge on any atom is -0.508 e. The Morgan fingerprint density at radius 3 is 2.62 bits per heavy atom. The average molecular weight is 312 g/mol. The molecule has 0 unspecified atom stereocenters. The van der Waals surface area contributed by atoms with E-state index in [0.29, 0.717) is 5.75 Å². The first-order valence-electron chi connectivity index (χ1n) is 8.07. The first-order chi connectivity index (χ1) is 11.8. The zero-order valence-electron chi connectivity index (χ0n) is 13.0. The summed E-state index contributed by atoms with van der Waals surface area (Å²) in [6.45, 7) is 0. The van der Waals surface area contributed by atoms with E-state index in [1.807, 2.05) is 36.4 Å². The van der Waals surface area contributed by atoms with Gasteiger partial charge in [0.15, 0.2) is 0 Å². The SMILES string of the molecule is Oc1ccc2ccccc2c1[C@@H]1Nc2ccccc2-n2cccc21. The molecule has 5 rings (SSSR count). The number of fused-ring (bicyclic) bond motifs is 4. The molecule has 116 valence electrons. The summed E-state index contributed by atoms with van der Waals surface area (Å²) in [6.07, 6.45) is 2.07. The van der Waals surface area contributed by atoms with Crippen LogP contribution in [0.5, 0.6) is 5.75 Å². The third-order valence-electron chi connectivity index (χ3n) is 4.78. The van der Waals surface area contributed by atoms with E-state index in [0.717, 1.165) is 33.4 Å². The Hall–Kier alpha value is -3.20. The fraction of sp³-hybridized carbons (Fsp3) is 0.0476. The normalized spacial score (nSPS) is 15.6. The van der Waals surface area contributed by atoms with Crippen molar-refractivity contribution >= 4 is 16.5 Å². The number of aromatic hydroxyl groups is 1. The lowest BCUT2D eigenvalue weighted by atomic mass is 9.94. The van der Waals surface area contributed by atoms with Gasteiger partial charge in [-0.15, -0.1) is 0 Å². The molecule has 3 aromatic carbocycles. The molecule has 0 saturated heterocycles. The average Bonchev–Trinajstić information content (AvgIpc) is 3.11. The van der Waals surface area contributed by atoms with E-state index < -0.39 is 0 Å². The fourth-order valence-electron chi connectivity index (χ4n) is 3.69. The van der Waals surface area contributed by atoms with Gasteiger partial charge in [0, 0.05) is 17.5 Å². The molecule has 3 nitrogen and oxygen atoms in total. The maximum absolute atomic E-state index is 10.6. The van der Waals surface area contributed by atoms with Gasteiger partial charge in [-0.05, 0) is 41.1 Å². The Bertz CT molecular complexity index is 1060. The zero-order valence-corrected chi connectivity index (χ0v) is 13.0. The van der Waals surface area contributed by atoms with E-state index in [9.17, 15) is 5.11 Å². The second kappa shape index (κ2) is 4.90. The molecule has 1 aliphatic rings. The third-order valence-corrected chi connectivity index (χ3v) is 4.78. The van der Waals surface area contributed by atoms with Gasteiger partial charge in [0.25, 0.3) is 0 Å². The number of nitrogens with zero attached hydrogens (tertiary/aromatic N) is 1. The van der Waals surface area contributed by atoms with E-state index in [1.54, 1.807) is 6.07 Å². The minimum atomic E-state index is -0.0963. The lowest BCUT2D eigenvalue weighted by molar-refractivity contribution is 0.467. The number of phenolic OH excluding ortho intramolecular Hbond substituents is 1. The van der Waals surface area contributed by atoms with Crippen LogP contribution < -0.4 is 5.32 Å². The Morgan fingerprint density at radius 2 is 1.67 bits per heavy atom. The number of benzene rings is 3. The number of rotatable bonds is 1. The van der Waals surface area contributed by atoms with Crippen LogP contribution in [0.2, 0.25) is 0 Å². The lowest BCUT2D eigenvalue weighted by Gasteiger charge is -2.30. The summed E-state index contributed by atoms with van der Waals surface area (Å²) < 4.78 is 2.19. The molecule has 2 N–H and O–H groups in total. The van der Waals surface area contributed by atoms with Crippen LogP contribution >= 0.6 is 0 Å². The van der Waals surface area contributed by atoms with Gasteiger partial charge in [-0.1, -0.05) is 42.5 Å². The van der Waals surface area contributed by atoms with Crippen LogP contribution in [-0.2, 0) is 0 Å². The van der Waals surface area contributed by atoms with Crippen molar-refractivity contribution in [1.29, 1.82) is 0 Å². The topological polar surface area (TPSA) is 37.2 Å². The molecule has 4 aromatic rings. The number of anilines is 1. The number of hydrogen-bond acceptors (Lipinski definition) is 2. The highest BCUT2D eigenvalue weighted by Crippen LogP contribution is 2.42. The van der Waals surface area contributed by atoms with Gasteiger partial charge in [0.1, 0.15) is 5.75 Å². The summed E-state index contributed by atoms with van der Waals surface area (Å²) in [5, 5.41) is 16.4. The zero-order chi connectivity index (χ0) is 16.1. The Kier molecular flexibility index (Phi) is 2.71. The predicted octanol–water partition coefficient (Wildman–Crippen LogP) is 4.85. The summed E-state index contributed by atoms with van der Waals surface area (Å²) in [5.74, 6) is 0.318. The summed E-state index contributed by atoms with van der Waals surface area (Å²) in [6, 6.07) is 24.2. The standard InChI is InChI=1S/C21H16N2O/c24-19-12-11-14-6-1-2-7-15(14)20(19)21-18-10-5-13-23(18)17-9-4-3-8-16(17)22-21/h1-13,21-22,24H/t21-/m1/s1. The molecule has 0 fully saturated rings. The van der Waals surface area contributed by atoms with E-state index in [1.165, 1.54) is 0 Å². The first kappa shape index (κ1) is 13.3. The van der Waals surface area contributed by atoms with Crippen LogP contribution in [0.4, 0.5) is 5.69 Å². The highest BCUT2D eigenvalue weighted by atomic mass is 16.3. The summed E-state index contributed by atoms with van der Waals surface area (Å²) in [7, 11) is 0. The highest BCUT2D eigenvalue weighted by Gasteiger charge is 2.28. The fourth-order valence-corrected chi connectivity index (χ4v) is 3.69. The molecule has 0 aliphatic carbocycles. The van der Waals surface area contributed by atoms with Crippen molar-refractivity contribution in [2.24, 2.45) is 0 Å². The van der Waals surface area contributed by atoms with Crippen molar-refractivity contribution < 1.29 is 5.11 Å². The van der Waals surface area contributed by atoms with Gasteiger partial charge in [0.05, 0.1) is 17.4 Å². The van der Waals surface area contributed by atoms with Crippen LogP contribution in [0.3, 0.4) is 0 Å². The smallest absolute Gasteiger partial charge is 0.121 e. The molecule has 0 bridgehead atoms. The molecule has 0 saturated carbocycles. The second-order valence-corrected chi connectivity index (χ2v) is 6.12. The van der Waals surface area contributed by atoms with Crippen LogP contribution in [0.1, 0.15) is 17.3 Å². The van der Waals surface area contributed by atoms with Crippen molar-refractivity contribution in [3.05, 3.63) is 90.3 Å². The van der Waals surface area contributed by atoms with Gasteiger partial charge < -0.3 is 15.0 Å². The van der Waals surface area contributed by atoms with Crippen molar-refractivity contribution in [2.75, 3.05) is 5.32 Å². The molecular formula is C21H16N2O. The lowest BCUT2D eigenvalue weighted by Crippen LogP contribution is -2.22. The molecule has 1 aliphatic heterocycles. The number of nitrogens with one attached hydrogen (secondary N) is 1. The van der Waals surface area contributed by atoms with Crippen LogP contribution in [0.15, 0.2) is 79.0 Å². The van der Waals surface area contributed by atoms with Crippen molar-refractivity contribution in [1.82, 2.24) is 4.57 Å². The molecule has 1 aromatic heterocycles. The van der Waals surface area contributed by atoms with Crippen molar-refractivity contribution in [3.63, 3.8) is 0 Å². The van der Waals surface area contributed by atoms with Crippen molar-refractivity contribution in [3.8, 4) is 11.4 Å². The van der Waals surface area contributed by atoms with Crippen LogP contribution in [-0.4, -0.2) is 9.67 Å². The summed E-state index contributed by atoms with van der Waals surface area (Å²) >= 11 is 0. The predicted molar refractivity (Wildman–Crippen MR) is 96.8 cm³/mol. The minimum absolute atomic E-state index is 0.0963. The van der Waals surface area contributed by atoms with E-state index in [-0.39, 0.29) is 6.04 Å². The molecule has 0 radical (unpaired) electrons. The molecule has 1 atom stereocenters. The highest BCUT2D eigenvalue weighted by molar-refractivity contribution is 5.89. The quantitative estimate of drug-likeness (QED) is 0.527. The number of phenols is 1. The maximum Gasteiger partial charge on any atom is 0.121 e. The number of aromatic nitrogens is 1. The van der Waals surface area contributed by atoms with Gasteiger partial charge in [0.2, 0.25) is 0 Å². The Labute approximate surface area is 139 Å². The number of hydrogen-bond donors (Lipinski definition) is 2. The molecule has 24 heavy (non-hydrogen) atoms. The number of para-hydroxylation sites is 2. The van der Waals surface area contributed by atoms with E-state index >= 15 is 0 Å². The van der Waals surface area contributed by atoms with E-state index in [4.69, 9.17) is 0 Å².